The van der Waals surface area contributed by atoms with Crippen molar-refractivity contribution in [1.29, 1.82) is 0 Å². The monoisotopic (exact) mass is 364 g/mol. The molecular formula is C16H20F4N2O3. The van der Waals surface area contributed by atoms with Crippen LogP contribution in [-0.4, -0.2) is 75.0 Å². The molecule has 0 radical (unpaired) electrons. The molecule has 5 nitrogen and oxygen atoms in total. The molecule has 0 aromatic heterocycles. The Morgan fingerprint density at radius 2 is 2.00 bits per heavy atom. The number of amides is 1. The van der Waals surface area contributed by atoms with Gasteiger partial charge in [-0.1, -0.05) is 0 Å². The quantitative estimate of drug-likeness (QED) is 0.727. The van der Waals surface area contributed by atoms with Gasteiger partial charge in [-0.25, -0.2) is 17.6 Å². The van der Waals surface area contributed by atoms with Gasteiger partial charge in [-0.3, -0.25) is 4.79 Å². The van der Waals surface area contributed by atoms with Crippen LogP contribution in [0.3, 0.4) is 0 Å². The third kappa shape index (κ3) is 4.75. The highest BCUT2D eigenvalue weighted by Crippen LogP contribution is 2.28. The van der Waals surface area contributed by atoms with E-state index in [9.17, 15) is 22.4 Å². The van der Waals surface area contributed by atoms with E-state index >= 15 is 0 Å². The van der Waals surface area contributed by atoms with Gasteiger partial charge in [0.15, 0.2) is 0 Å². The first-order valence-electron chi connectivity index (χ1n) is 7.70. The standard InChI is InChI=1S/C16H20F4N2O3/c1-21-5-6-22(12(8-21)15(19)20)16(23)11-4-3-10(24-2)7-13(11)25-9-14(17)18/h3-4,7,12,14-15H,5-6,8-9H2,1-2H3. The van der Waals surface area contributed by atoms with Crippen molar-refractivity contribution in [2.75, 3.05) is 40.4 Å². The number of hydrogen-bond acceptors (Lipinski definition) is 4. The van der Waals surface area contributed by atoms with E-state index in [1.165, 1.54) is 25.3 Å². The molecule has 1 heterocycles. The lowest BCUT2D eigenvalue weighted by atomic mass is 10.1. The van der Waals surface area contributed by atoms with Gasteiger partial charge in [0.25, 0.3) is 18.8 Å². The molecule has 1 aromatic carbocycles. The zero-order chi connectivity index (χ0) is 18.6. The maximum Gasteiger partial charge on any atom is 0.272 e. The van der Waals surface area contributed by atoms with Gasteiger partial charge in [0, 0.05) is 25.7 Å². The summed E-state index contributed by atoms with van der Waals surface area (Å²) in [5.41, 5.74) is -0.0448. The van der Waals surface area contributed by atoms with Crippen molar-refractivity contribution < 1.29 is 31.8 Å². The molecule has 9 heteroatoms. The van der Waals surface area contributed by atoms with E-state index in [1.54, 1.807) is 11.9 Å². The lowest BCUT2D eigenvalue weighted by Crippen LogP contribution is -2.57. The molecule has 1 amide bonds. The fraction of sp³-hybridized carbons (Fsp3) is 0.562. The number of carbonyl (C=O) groups excluding carboxylic acids is 1. The van der Waals surface area contributed by atoms with Gasteiger partial charge in [-0.2, -0.15) is 0 Å². The Kier molecular flexibility index (Phi) is 6.46. The molecule has 0 spiro atoms. The first-order chi connectivity index (χ1) is 11.8. The molecular weight excluding hydrogens is 344 g/mol. The molecule has 1 fully saturated rings. The van der Waals surface area contributed by atoms with Gasteiger partial charge in [-0.05, 0) is 19.2 Å². The van der Waals surface area contributed by atoms with Crippen LogP contribution in [0.5, 0.6) is 11.5 Å². The summed E-state index contributed by atoms with van der Waals surface area (Å²) in [7, 11) is 3.07. The van der Waals surface area contributed by atoms with Crippen molar-refractivity contribution in [3.8, 4) is 11.5 Å². The van der Waals surface area contributed by atoms with E-state index in [2.05, 4.69) is 0 Å². The summed E-state index contributed by atoms with van der Waals surface area (Å²) in [6.45, 7) is -0.315. The van der Waals surface area contributed by atoms with E-state index < -0.39 is 31.4 Å². The molecule has 0 bridgehead atoms. The third-order valence-corrected chi connectivity index (χ3v) is 3.96. The Morgan fingerprint density at radius 1 is 1.28 bits per heavy atom. The van der Waals surface area contributed by atoms with E-state index in [1.807, 2.05) is 0 Å². The third-order valence-electron chi connectivity index (χ3n) is 3.96. The van der Waals surface area contributed by atoms with Crippen molar-refractivity contribution >= 4 is 5.91 Å². The number of ether oxygens (including phenoxy) is 2. The summed E-state index contributed by atoms with van der Waals surface area (Å²) in [6, 6.07) is 2.82. The average Bonchev–Trinajstić information content (AvgIpc) is 2.58. The smallest absolute Gasteiger partial charge is 0.272 e. The van der Waals surface area contributed by atoms with E-state index in [0.29, 0.717) is 12.3 Å². The number of hydrogen-bond donors (Lipinski definition) is 0. The van der Waals surface area contributed by atoms with Crippen LogP contribution in [0.2, 0.25) is 0 Å². The van der Waals surface area contributed by atoms with Crippen LogP contribution in [0, 0.1) is 0 Å². The Bertz CT molecular complexity index is 601. The van der Waals surface area contributed by atoms with Crippen LogP contribution in [0.1, 0.15) is 10.4 Å². The van der Waals surface area contributed by atoms with Gasteiger partial charge in [0.1, 0.15) is 24.1 Å². The number of halogens is 4. The zero-order valence-corrected chi connectivity index (χ0v) is 13.9. The van der Waals surface area contributed by atoms with Crippen molar-refractivity contribution in [2.24, 2.45) is 0 Å². The van der Waals surface area contributed by atoms with Crippen LogP contribution >= 0.6 is 0 Å². The second-order valence-corrected chi connectivity index (χ2v) is 5.73. The summed E-state index contributed by atoms with van der Waals surface area (Å²) in [4.78, 5) is 15.5. The number of alkyl halides is 4. The minimum atomic E-state index is -2.73. The second kappa shape index (κ2) is 8.37. The lowest BCUT2D eigenvalue weighted by Gasteiger charge is -2.39. The van der Waals surface area contributed by atoms with E-state index in [0.717, 1.165) is 4.90 Å². The molecule has 25 heavy (non-hydrogen) atoms. The van der Waals surface area contributed by atoms with Crippen LogP contribution in [0.15, 0.2) is 18.2 Å². The van der Waals surface area contributed by atoms with Crippen LogP contribution in [0.4, 0.5) is 17.6 Å². The maximum atomic E-state index is 13.3. The van der Waals surface area contributed by atoms with Crippen LogP contribution < -0.4 is 9.47 Å². The van der Waals surface area contributed by atoms with Crippen molar-refractivity contribution in [3.05, 3.63) is 23.8 Å². The molecule has 2 rings (SSSR count). The summed E-state index contributed by atoms with van der Waals surface area (Å²) in [6.07, 6.45) is -5.44. The lowest BCUT2D eigenvalue weighted by molar-refractivity contribution is -0.0106. The predicted octanol–water partition coefficient (Wildman–Crippen LogP) is 2.36. The normalized spacial score (nSPS) is 18.7. The Labute approximate surface area is 143 Å². The molecule has 1 unspecified atom stereocenters. The maximum absolute atomic E-state index is 13.3. The fourth-order valence-corrected chi connectivity index (χ4v) is 2.65. The molecule has 0 N–H and O–H groups in total. The van der Waals surface area contributed by atoms with Crippen LogP contribution in [-0.2, 0) is 0 Å². The second-order valence-electron chi connectivity index (χ2n) is 5.73. The average molecular weight is 364 g/mol. The SMILES string of the molecule is COc1ccc(C(=O)N2CCN(C)CC2C(F)F)c(OCC(F)F)c1. The minimum Gasteiger partial charge on any atom is -0.497 e. The highest BCUT2D eigenvalue weighted by molar-refractivity contribution is 5.97. The molecule has 1 aromatic rings. The minimum absolute atomic E-state index is 0.0345. The largest absolute Gasteiger partial charge is 0.497 e. The molecule has 1 atom stereocenters. The van der Waals surface area contributed by atoms with Crippen molar-refractivity contribution in [2.45, 2.75) is 18.9 Å². The molecule has 1 aliphatic heterocycles. The Morgan fingerprint density at radius 3 is 2.60 bits per heavy atom. The van der Waals surface area contributed by atoms with Gasteiger partial charge in [-0.15, -0.1) is 0 Å². The molecule has 140 valence electrons. The number of methoxy groups -OCH3 is 1. The van der Waals surface area contributed by atoms with E-state index in [4.69, 9.17) is 9.47 Å². The number of benzene rings is 1. The van der Waals surface area contributed by atoms with Gasteiger partial charge in [0.05, 0.1) is 12.7 Å². The highest BCUT2D eigenvalue weighted by atomic mass is 19.3. The summed E-state index contributed by atoms with van der Waals surface area (Å²) in [5.74, 6) is -0.480. The zero-order valence-electron chi connectivity index (χ0n) is 13.9. The summed E-state index contributed by atoms with van der Waals surface area (Å²) in [5, 5.41) is 0. The number of rotatable bonds is 6. The number of piperazine rings is 1. The molecule has 0 aliphatic carbocycles. The highest BCUT2D eigenvalue weighted by Gasteiger charge is 2.36. The van der Waals surface area contributed by atoms with Crippen molar-refractivity contribution in [1.82, 2.24) is 9.80 Å². The number of carbonyl (C=O) groups is 1. The van der Waals surface area contributed by atoms with Crippen LogP contribution in [0.25, 0.3) is 0 Å². The van der Waals surface area contributed by atoms with Gasteiger partial charge >= 0.3 is 0 Å². The number of nitrogens with zero attached hydrogens (tertiary/aromatic N) is 2. The summed E-state index contributed by atoms with van der Waals surface area (Å²) >= 11 is 0. The Hall–Kier alpha value is -2.03. The fourth-order valence-electron chi connectivity index (χ4n) is 2.65. The first-order valence-corrected chi connectivity index (χ1v) is 7.70. The molecule has 1 saturated heterocycles. The Balaban J connectivity index is 2.30. The number of likely N-dealkylation sites (N-methyl/N-ethyl adjacent to an activating group) is 1. The molecule has 1 aliphatic rings. The summed E-state index contributed by atoms with van der Waals surface area (Å²) < 4.78 is 61.5. The van der Waals surface area contributed by atoms with Gasteiger partial charge < -0.3 is 19.3 Å². The topological polar surface area (TPSA) is 42.0 Å². The van der Waals surface area contributed by atoms with Crippen molar-refractivity contribution in [3.63, 3.8) is 0 Å². The van der Waals surface area contributed by atoms with E-state index in [-0.39, 0.29) is 24.4 Å². The first kappa shape index (κ1) is 19.3. The predicted molar refractivity (Wildman–Crippen MR) is 82.8 cm³/mol. The molecule has 0 saturated carbocycles. The van der Waals surface area contributed by atoms with Gasteiger partial charge in [0.2, 0.25) is 0 Å².